The van der Waals surface area contributed by atoms with Crippen LogP contribution in [0, 0.1) is 0 Å². The number of rotatable bonds is 5. The zero-order valence-corrected chi connectivity index (χ0v) is 13.3. The first-order chi connectivity index (χ1) is 9.05. The lowest BCUT2D eigenvalue weighted by Gasteiger charge is -2.23. The van der Waals surface area contributed by atoms with E-state index in [1.165, 1.54) is 4.31 Å². The van der Waals surface area contributed by atoms with Crippen molar-refractivity contribution in [2.24, 2.45) is 0 Å². The predicted octanol–water partition coefficient (Wildman–Crippen LogP) is 1.24. The Bertz CT molecular complexity index is 530. The van der Waals surface area contributed by atoms with Gasteiger partial charge in [-0.15, -0.1) is 12.4 Å². The molecular formula is C13H21ClN2O3S. The van der Waals surface area contributed by atoms with Crippen molar-refractivity contribution < 1.29 is 13.2 Å². The minimum Gasteiger partial charge on any atom is -0.380 e. The number of nitrogens with one attached hydrogen (secondary N) is 1. The van der Waals surface area contributed by atoms with Gasteiger partial charge in [0.15, 0.2) is 0 Å². The molecule has 0 radical (unpaired) electrons. The number of sulfonamides is 1. The van der Waals surface area contributed by atoms with Crippen molar-refractivity contribution in [1.29, 1.82) is 0 Å². The highest BCUT2D eigenvalue weighted by molar-refractivity contribution is 7.89. The number of hydrogen-bond donors (Lipinski definition) is 1. The highest BCUT2D eigenvalue weighted by Gasteiger charge is 2.29. The molecule has 114 valence electrons. The van der Waals surface area contributed by atoms with Gasteiger partial charge < -0.3 is 10.1 Å². The second-order valence-corrected chi connectivity index (χ2v) is 6.75. The third kappa shape index (κ3) is 3.71. The quantitative estimate of drug-likeness (QED) is 0.886. The van der Waals surface area contributed by atoms with Gasteiger partial charge >= 0.3 is 0 Å². The molecule has 0 aliphatic carbocycles. The molecule has 1 fully saturated rings. The molecule has 1 aromatic carbocycles. The summed E-state index contributed by atoms with van der Waals surface area (Å²) in [6.45, 7) is 2.00. The van der Waals surface area contributed by atoms with Gasteiger partial charge in [0.25, 0.3) is 0 Å². The van der Waals surface area contributed by atoms with E-state index in [0.717, 1.165) is 18.5 Å². The van der Waals surface area contributed by atoms with Crippen molar-refractivity contribution in [3.8, 4) is 0 Å². The smallest absolute Gasteiger partial charge is 0.243 e. The fraction of sp³-hybridized carbons (Fsp3) is 0.538. The normalized spacial score (nSPS) is 19.1. The van der Waals surface area contributed by atoms with Gasteiger partial charge in [0.2, 0.25) is 10.0 Å². The molecule has 1 aromatic rings. The lowest BCUT2D eigenvalue weighted by atomic mass is 10.2. The zero-order chi connectivity index (χ0) is 13.9. The number of nitrogens with zero attached hydrogens (tertiary/aromatic N) is 1. The summed E-state index contributed by atoms with van der Waals surface area (Å²) < 4.78 is 31.6. The molecule has 5 nitrogen and oxygen atoms in total. The molecule has 1 atom stereocenters. The third-order valence-electron chi connectivity index (χ3n) is 3.43. The molecule has 20 heavy (non-hydrogen) atoms. The van der Waals surface area contributed by atoms with Crippen LogP contribution in [0.4, 0.5) is 0 Å². The number of halogens is 1. The van der Waals surface area contributed by atoms with Crippen LogP contribution in [-0.2, 0) is 21.4 Å². The van der Waals surface area contributed by atoms with Crippen molar-refractivity contribution in [1.82, 2.24) is 9.62 Å². The van der Waals surface area contributed by atoms with E-state index in [2.05, 4.69) is 5.32 Å². The Hall–Kier alpha value is -0.660. The largest absolute Gasteiger partial charge is 0.380 e. The lowest BCUT2D eigenvalue weighted by Crippen LogP contribution is -2.38. The average molecular weight is 321 g/mol. The van der Waals surface area contributed by atoms with Gasteiger partial charge in [0.05, 0.1) is 11.5 Å². The van der Waals surface area contributed by atoms with Crippen LogP contribution in [0.1, 0.15) is 12.0 Å². The van der Waals surface area contributed by atoms with Gasteiger partial charge in [0.1, 0.15) is 0 Å². The van der Waals surface area contributed by atoms with Gasteiger partial charge in [-0.3, -0.25) is 0 Å². The minimum atomic E-state index is -3.43. The van der Waals surface area contributed by atoms with Crippen molar-refractivity contribution in [3.63, 3.8) is 0 Å². The summed E-state index contributed by atoms with van der Waals surface area (Å²) in [4.78, 5) is 0.330. The van der Waals surface area contributed by atoms with E-state index >= 15 is 0 Å². The van der Waals surface area contributed by atoms with E-state index in [-0.39, 0.29) is 18.4 Å². The Balaban J connectivity index is 0.00000200. The predicted molar refractivity (Wildman–Crippen MR) is 80.6 cm³/mol. The second kappa shape index (κ2) is 7.38. The maximum atomic E-state index is 12.5. The molecule has 1 N–H and O–H groups in total. The molecule has 2 rings (SSSR count). The maximum Gasteiger partial charge on any atom is 0.243 e. The molecule has 0 spiro atoms. The van der Waals surface area contributed by atoms with Gasteiger partial charge in [-0.25, -0.2) is 8.42 Å². The fourth-order valence-electron chi connectivity index (χ4n) is 2.27. The summed E-state index contributed by atoms with van der Waals surface area (Å²) in [7, 11) is -0.182. The van der Waals surface area contributed by atoms with E-state index in [4.69, 9.17) is 4.74 Å². The topological polar surface area (TPSA) is 58.6 Å². The highest BCUT2D eigenvalue weighted by Crippen LogP contribution is 2.20. The molecule has 0 saturated carbocycles. The summed E-state index contributed by atoms with van der Waals surface area (Å²) in [6, 6.07) is 6.96. The van der Waals surface area contributed by atoms with Crippen LogP contribution in [0.2, 0.25) is 0 Å². The minimum absolute atomic E-state index is 0. The molecule has 1 aliphatic rings. The Labute approximate surface area is 126 Å². The Morgan fingerprint density at radius 3 is 2.80 bits per heavy atom. The summed E-state index contributed by atoms with van der Waals surface area (Å²) in [5.41, 5.74) is 0.863. The first-order valence-corrected chi connectivity index (χ1v) is 7.76. The van der Waals surface area contributed by atoms with E-state index in [0.29, 0.717) is 18.0 Å². The summed E-state index contributed by atoms with van der Waals surface area (Å²) in [5, 5.41) is 3.18. The van der Waals surface area contributed by atoms with Crippen LogP contribution in [0.25, 0.3) is 0 Å². The number of methoxy groups -OCH3 is 1. The Kier molecular flexibility index (Phi) is 6.42. The maximum absolute atomic E-state index is 12.5. The molecule has 0 bridgehead atoms. The van der Waals surface area contributed by atoms with Crippen molar-refractivity contribution in [3.05, 3.63) is 29.8 Å². The fourth-order valence-corrected chi connectivity index (χ4v) is 3.73. The van der Waals surface area contributed by atoms with Crippen LogP contribution in [0.3, 0.4) is 0 Å². The van der Waals surface area contributed by atoms with Crippen LogP contribution >= 0.6 is 12.4 Å². The molecular weight excluding hydrogens is 300 g/mol. The van der Waals surface area contributed by atoms with Crippen LogP contribution < -0.4 is 5.32 Å². The number of benzene rings is 1. The molecule has 0 aromatic heterocycles. The number of hydrogen-bond acceptors (Lipinski definition) is 4. The molecule has 0 amide bonds. The zero-order valence-electron chi connectivity index (χ0n) is 11.7. The second-order valence-electron chi connectivity index (χ2n) is 4.75. The van der Waals surface area contributed by atoms with Gasteiger partial charge in [0, 0.05) is 26.7 Å². The van der Waals surface area contributed by atoms with Gasteiger partial charge in [-0.05, 0) is 30.7 Å². The molecule has 1 unspecified atom stereocenters. The Morgan fingerprint density at radius 1 is 1.45 bits per heavy atom. The first kappa shape index (κ1) is 17.4. The Morgan fingerprint density at radius 2 is 2.20 bits per heavy atom. The summed E-state index contributed by atoms with van der Waals surface area (Å²) in [6.07, 6.45) is 0.855. The van der Waals surface area contributed by atoms with Crippen molar-refractivity contribution in [2.75, 3.05) is 27.2 Å². The van der Waals surface area contributed by atoms with Crippen molar-refractivity contribution >= 4 is 22.4 Å². The number of likely N-dealkylation sites (N-methyl/N-ethyl adjacent to an activating group) is 1. The average Bonchev–Trinajstić information content (AvgIpc) is 2.92. The van der Waals surface area contributed by atoms with Gasteiger partial charge in [-0.1, -0.05) is 12.1 Å². The van der Waals surface area contributed by atoms with E-state index in [1.54, 1.807) is 32.4 Å². The highest BCUT2D eigenvalue weighted by atomic mass is 35.5. The summed E-state index contributed by atoms with van der Waals surface area (Å²) in [5.74, 6) is 0. The van der Waals surface area contributed by atoms with Gasteiger partial charge in [-0.2, -0.15) is 4.31 Å². The van der Waals surface area contributed by atoms with Crippen molar-refractivity contribution in [2.45, 2.75) is 24.0 Å². The number of ether oxygens (including phenoxy) is 1. The van der Waals surface area contributed by atoms with Crippen LogP contribution in [0.15, 0.2) is 29.2 Å². The molecule has 1 aliphatic heterocycles. The molecule has 7 heteroatoms. The standard InChI is InChI=1S/C13H20N2O3S.ClH/c1-15(12-6-7-14-9-12)19(16,17)13-5-3-4-11(8-13)10-18-2;/h3-5,8,12,14H,6-7,9-10H2,1-2H3;1H. The third-order valence-corrected chi connectivity index (χ3v) is 5.34. The lowest BCUT2D eigenvalue weighted by molar-refractivity contribution is 0.184. The molecule has 1 heterocycles. The monoisotopic (exact) mass is 320 g/mol. The van der Waals surface area contributed by atoms with E-state index in [9.17, 15) is 8.42 Å². The molecule has 1 saturated heterocycles. The SMILES string of the molecule is COCc1cccc(S(=O)(=O)N(C)C2CCNC2)c1.Cl. The van der Waals surface area contributed by atoms with Crippen LogP contribution in [-0.4, -0.2) is 46.0 Å². The first-order valence-electron chi connectivity index (χ1n) is 6.32. The van der Waals surface area contributed by atoms with Crippen LogP contribution in [0.5, 0.6) is 0 Å². The van der Waals surface area contributed by atoms with E-state index in [1.807, 2.05) is 6.07 Å². The van der Waals surface area contributed by atoms with E-state index < -0.39 is 10.0 Å². The summed E-state index contributed by atoms with van der Waals surface area (Å²) >= 11 is 0.